The fraction of sp³-hybridized carbons (Fsp3) is 0.273. The molecule has 0 bridgehead atoms. The van der Waals surface area contributed by atoms with Crippen LogP contribution in [0.15, 0.2) is 80.8 Å². The standard InChI is InChI=1S/C33H33FN4O5.K.H/c1-5-8-28-35-20(2)29(21-13-15-24(16-14-21)42-33(3,4)19-39)31(40)38(28)18-23-12-11-22(17-27(23)34)25-9-6-7-10-26(25)30-36-32(41)43-37-30;;/h6-7,9-17,39H,5,8,18-19H2,1-4H3,(H,36,37,41);;. The number of hydrogen-bond donors (Lipinski definition) is 2. The quantitative estimate of drug-likeness (QED) is 0.213. The topological polar surface area (TPSA) is 123 Å². The molecule has 2 heterocycles. The third kappa shape index (κ3) is 7.36. The van der Waals surface area contributed by atoms with Gasteiger partial charge in [-0.05, 0) is 62.1 Å². The molecule has 3 aromatic carbocycles. The number of ether oxygens (including phenoxy) is 1. The van der Waals surface area contributed by atoms with Crippen LogP contribution in [0.2, 0.25) is 0 Å². The molecule has 2 N–H and O–H groups in total. The molecule has 0 saturated heterocycles. The van der Waals surface area contributed by atoms with Crippen LogP contribution in [-0.4, -0.2) is 88.4 Å². The molecule has 0 spiro atoms. The number of aliphatic hydroxyl groups excluding tert-OH is 1. The Kier molecular flexibility index (Phi) is 10.9. The molecule has 0 aliphatic rings. The van der Waals surface area contributed by atoms with Gasteiger partial charge in [-0.25, -0.2) is 14.2 Å². The molecule has 224 valence electrons. The van der Waals surface area contributed by atoms with Crippen LogP contribution >= 0.6 is 0 Å². The minimum absolute atomic E-state index is 0. The fourth-order valence-corrected chi connectivity index (χ4v) is 4.97. The molecular formula is C33H34FKN4O5. The van der Waals surface area contributed by atoms with Crippen molar-refractivity contribution in [2.24, 2.45) is 0 Å². The Labute approximate surface area is 296 Å². The number of hydrogen-bond acceptors (Lipinski definition) is 7. The van der Waals surface area contributed by atoms with Crippen molar-refractivity contribution in [1.82, 2.24) is 19.7 Å². The maximum atomic E-state index is 15.7. The van der Waals surface area contributed by atoms with Crippen LogP contribution in [0.4, 0.5) is 4.39 Å². The van der Waals surface area contributed by atoms with Crippen molar-refractivity contribution in [3.63, 3.8) is 0 Å². The van der Waals surface area contributed by atoms with E-state index in [2.05, 4.69) is 14.7 Å². The van der Waals surface area contributed by atoms with E-state index in [1.807, 2.05) is 13.0 Å². The van der Waals surface area contributed by atoms with Crippen molar-refractivity contribution in [2.75, 3.05) is 6.61 Å². The second-order valence-electron chi connectivity index (χ2n) is 11.0. The van der Waals surface area contributed by atoms with Crippen LogP contribution in [0, 0.1) is 12.7 Å². The summed E-state index contributed by atoms with van der Waals surface area (Å²) in [5.74, 6) is 0.235. The Morgan fingerprint density at radius 2 is 1.70 bits per heavy atom. The number of nitrogens with zero attached hydrogens (tertiary/aromatic N) is 3. The molecule has 44 heavy (non-hydrogen) atoms. The Balaban J connectivity index is 0.00000442. The molecule has 0 atom stereocenters. The summed E-state index contributed by atoms with van der Waals surface area (Å²) in [6.07, 6.45) is 1.32. The average Bonchev–Trinajstić information content (AvgIpc) is 3.42. The van der Waals surface area contributed by atoms with Gasteiger partial charge in [-0.15, -0.1) is 0 Å². The summed E-state index contributed by atoms with van der Waals surface area (Å²) >= 11 is 0. The summed E-state index contributed by atoms with van der Waals surface area (Å²) in [4.78, 5) is 32.8. The summed E-state index contributed by atoms with van der Waals surface area (Å²) in [5, 5.41) is 13.3. The normalized spacial score (nSPS) is 11.3. The minimum atomic E-state index is -0.746. The van der Waals surface area contributed by atoms with E-state index in [0.29, 0.717) is 57.1 Å². The first-order valence-electron chi connectivity index (χ1n) is 14.0. The second kappa shape index (κ2) is 14.3. The van der Waals surface area contributed by atoms with Gasteiger partial charge in [-0.1, -0.05) is 60.6 Å². The molecule has 0 fully saturated rings. The van der Waals surface area contributed by atoms with E-state index in [4.69, 9.17) is 9.72 Å². The predicted molar refractivity (Wildman–Crippen MR) is 169 cm³/mol. The van der Waals surface area contributed by atoms with E-state index in [1.165, 1.54) is 10.6 Å². The molecule has 9 nitrogen and oxygen atoms in total. The van der Waals surface area contributed by atoms with Gasteiger partial charge in [0.2, 0.25) is 0 Å². The third-order valence-corrected chi connectivity index (χ3v) is 7.14. The number of aliphatic hydroxyl groups is 1. The summed E-state index contributed by atoms with van der Waals surface area (Å²) in [5.41, 5.74) is 2.85. The Morgan fingerprint density at radius 1 is 1.02 bits per heavy atom. The van der Waals surface area contributed by atoms with Crippen molar-refractivity contribution < 1.29 is 18.8 Å². The van der Waals surface area contributed by atoms with Gasteiger partial charge in [0.05, 0.1) is 24.4 Å². The van der Waals surface area contributed by atoms with Crippen molar-refractivity contribution in [3.05, 3.63) is 111 Å². The first-order chi connectivity index (χ1) is 20.6. The van der Waals surface area contributed by atoms with Gasteiger partial charge in [0.15, 0.2) is 5.82 Å². The molecule has 0 amide bonds. The van der Waals surface area contributed by atoms with Crippen LogP contribution in [0.1, 0.15) is 44.3 Å². The van der Waals surface area contributed by atoms with Crippen molar-refractivity contribution in [1.29, 1.82) is 0 Å². The zero-order chi connectivity index (χ0) is 30.7. The maximum absolute atomic E-state index is 15.7. The fourth-order valence-electron chi connectivity index (χ4n) is 4.97. The molecule has 2 aromatic heterocycles. The van der Waals surface area contributed by atoms with E-state index >= 15 is 4.39 Å². The van der Waals surface area contributed by atoms with Gasteiger partial charge < -0.3 is 9.84 Å². The molecular weight excluding hydrogens is 590 g/mol. The third-order valence-electron chi connectivity index (χ3n) is 7.14. The molecule has 0 aliphatic heterocycles. The molecule has 11 heteroatoms. The summed E-state index contributed by atoms with van der Waals surface area (Å²) in [7, 11) is 0. The molecule has 5 rings (SSSR count). The van der Waals surface area contributed by atoms with Crippen LogP contribution < -0.4 is 16.1 Å². The number of aromatic nitrogens is 4. The van der Waals surface area contributed by atoms with Gasteiger partial charge in [-0.3, -0.25) is 18.9 Å². The monoisotopic (exact) mass is 624 g/mol. The number of aromatic amines is 1. The first kappa shape index (κ1) is 33.7. The molecule has 0 saturated carbocycles. The molecule has 5 aromatic rings. The number of halogens is 1. The Hall–Kier alpha value is -3.19. The average molecular weight is 625 g/mol. The van der Waals surface area contributed by atoms with Gasteiger partial charge in [0, 0.05) is 17.5 Å². The van der Waals surface area contributed by atoms with Gasteiger partial charge in [-0.2, -0.15) is 0 Å². The van der Waals surface area contributed by atoms with Crippen LogP contribution in [0.3, 0.4) is 0 Å². The Morgan fingerprint density at radius 3 is 2.32 bits per heavy atom. The van der Waals surface area contributed by atoms with Crippen molar-refractivity contribution >= 4 is 51.4 Å². The van der Waals surface area contributed by atoms with Crippen molar-refractivity contribution in [3.8, 4) is 39.4 Å². The predicted octanol–water partition coefficient (Wildman–Crippen LogP) is 4.87. The van der Waals surface area contributed by atoms with Gasteiger partial charge in [0.1, 0.15) is 23.0 Å². The van der Waals surface area contributed by atoms with E-state index < -0.39 is 17.2 Å². The van der Waals surface area contributed by atoms with Gasteiger partial charge >= 0.3 is 57.1 Å². The Bertz CT molecular complexity index is 1880. The van der Waals surface area contributed by atoms with Crippen LogP contribution in [0.25, 0.3) is 33.6 Å². The summed E-state index contributed by atoms with van der Waals surface area (Å²) in [6, 6.07) is 19.1. The first-order valence-corrected chi connectivity index (χ1v) is 14.0. The van der Waals surface area contributed by atoms with E-state index in [1.54, 1.807) is 75.4 Å². The molecule has 0 aliphatic carbocycles. The number of aryl methyl sites for hydroxylation is 2. The second-order valence-corrected chi connectivity index (χ2v) is 11.0. The SMILES string of the molecule is CCCc1nc(C)c(-c2ccc(OC(C)(C)CO)cc2)c(=O)n1Cc1ccc(-c2ccccc2-c2noc(=O)[nH]2)cc1F.[KH]. The van der Waals surface area contributed by atoms with E-state index in [9.17, 15) is 14.7 Å². The number of benzene rings is 3. The van der Waals surface area contributed by atoms with Crippen LogP contribution in [0.5, 0.6) is 5.75 Å². The summed E-state index contributed by atoms with van der Waals surface area (Å²) < 4.78 is 27.7. The molecule has 0 radical (unpaired) electrons. The van der Waals surface area contributed by atoms with Gasteiger partial charge in [0.25, 0.3) is 5.56 Å². The molecule has 0 unspecified atom stereocenters. The van der Waals surface area contributed by atoms with E-state index in [0.717, 1.165) is 6.42 Å². The van der Waals surface area contributed by atoms with Crippen LogP contribution in [-0.2, 0) is 13.0 Å². The number of rotatable bonds is 10. The van der Waals surface area contributed by atoms with Crippen molar-refractivity contribution in [2.45, 2.75) is 52.7 Å². The zero-order valence-corrected chi connectivity index (χ0v) is 24.5. The number of nitrogens with one attached hydrogen (secondary N) is 1. The zero-order valence-electron chi connectivity index (χ0n) is 24.5. The summed E-state index contributed by atoms with van der Waals surface area (Å²) in [6.45, 7) is 7.22. The number of H-pyrrole nitrogens is 1. The van der Waals surface area contributed by atoms with E-state index in [-0.39, 0.29) is 75.9 Å².